The third-order valence-corrected chi connectivity index (χ3v) is 25.2. The molecule has 0 aliphatic rings. The molecule has 4 aromatic heterocycles. The Bertz CT molecular complexity index is 8220. The molecule has 0 spiro atoms. The van der Waals surface area contributed by atoms with E-state index in [1.807, 2.05) is 6.07 Å². The van der Waals surface area contributed by atoms with E-state index in [1.54, 1.807) is 0 Å². The predicted octanol–water partition coefficient (Wildman–Crippen LogP) is 33.1. The Morgan fingerprint density at radius 1 is 0.169 bits per heavy atom. The SMILES string of the molecule is c1ccc(-c2ccccc2N(c2ccc(-c3ccccc3-c3cccc4c3oc3c(-c5cccc6cc(N(c7ccc(-c8ccccc8-c8cccc9c8oc8ccccc89)cc7)c7cccc(-c8ccccc8-n8c9ccccc9c9ccccc98)c7)ccc56)cccc34)cc2)c2cccc(-c3ccccc3-n3c4ccccc4c4ccccc43)c2)cc1. The summed E-state index contributed by atoms with van der Waals surface area (Å²) >= 11 is 0. The maximum absolute atomic E-state index is 7.45. The van der Waals surface area contributed by atoms with Gasteiger partial charge in [-0.2, -0.15) is 0 Å². The first kappa shape index (κ1) is 71.6. The predicted molar refractivity (Wildman–Crippen MR) is 520 cm³/mol. The molecule has 20 aromatic carbocycles. The molecule has 0 aliphatic heterocycles. The van der Waals surface area contributed by atoms with Gasteiger partial charge in [0, 0.05) is 105 Å². The van der Waals surface area contributed by atoms with Crippen LogP contribution in [0, 0.1) is 0 Å². The highest BCUT2D eigenvalue weighted by Gasteiger charge is 2.26. The second kappa shape index (κ2) is 29.8. The van der Waals surface area contributed by atoms with Crippen LogP contribution < -0.4 is 9.80 Å². The van der Waals surface area contributed by atoms with Crippen LogP contribution in [0.25, 0.3) is 199 Å². The van der Waals surface area contributed by atoms with E-state index in [-0.39, 0.29) is 0 Å². The number of hydrogen-bond acceptors (Lipinski definition) is 4. The van der Waals surface area contributed by atoms with E-state index in [0.717, 1.165) is 189 Å². The van der Waals surface area contributed by atoms with Crippen molar-refractivity contribution < 1.29 is 8.83 Å². The maximum atomic E-state index is 7.45. The van der Waals surface area contributed by atoms with E-state index in [1.165, 1.54) is 43.6 Å². The molecule has 0 saturated heterocycles. The Morgan fingerprint density at radius 2 is 0.508 bits per heavy atom. The van der Waals surface area contributed by atoms with Gasteiger partial charge in [-0.15, -0.1) is 0 Å². The molecule has 0 N–H and O–H groups in total. The van der Waals surface area contributed by atoms with E-state index in [0.29, 0.717) is 0 Å². The van der Waals surface area contributed by atoms with Crippen molar-refractivity contribution >= 4 is 132 Å². The van der Waals surface area contributed by atoms with Crippen molar-refractivity contribution in [3.63, 3.8) is 0 Å². The van der Waals surface area contributed by atoms with E-state index in [9.17, 15) is 0 Å². The van der Waals surface area contributed by atoms with Crippen LogP contribution in [0.15, 0.2) is 470 Å². The van der Waals surface area contributed by atoms with Gasteiger partial charge in [-0.25, -0.2) is 0 Å². The fraction of sp³-hybridized carbons (Fsp3) is 0. The fourth-order valence-corrected chi connectivity index (χ4v) is 19.6. The van der Waals surface area contributed by atoms with Gasteiger partial charge in [-0.1, -0.05) is 352 Å². The number of para-hydroxylation sites is 11. The Morgan fingerprint density at radius 3 is 1.04 bits per heavy atom. The number of anilines is 6. The summed E-state index contributed by atoms with van der Waals surface area (Å²) in [5.41, 5.74) is 34.2. The van der Waals surface area contributed by atoms with Crippen molar-refractivity contribution in [3.05, 3.63) is 461 Å². The summed E-state index contributed by atoms with van der Waals surface area (Å²) < 4.78 is 19.0. The molecule has 24 rings (SSSR count). The number of hydrogen-bond donors (Lipinski definition) is 0. The molecule has 0 saturated carbocycles. The van der Waals surface area contributed by atoms with E-state index < -0.39 is 0 Å². The monoisotopic (exact) mass is 1580 g/mol. The summed E-state index contributed by atoms with van der Waals surface area (Å²) in [5, 5.41) is 11.5. The molecule has 0 atom stereocenters. The minimum absolute atomic E-state index is 0.841. The zero-order valence-corrected chi connectivity index (χ0v) is 67.5. The lowest BCUT2D eigenvalue weighted by molar-refractivity contribution is 0.670. The van der Waals surface area contributed by atoms with Crippen molar-refractivity contribution in [1.82, 2.24) is 9.13 Å². The highest BCUT2D eigenvalue weighted by molar-refractivity contribution is 6.17. The molecule has 4 heterocycles. The van der Waals surface area contributed by atoms with Gasteiger partial charge in [-0.05, 0) is 176 Å². The normalized spacial score (nSPS) is 11.7. The molecule has 124 heavy (non-hydrogen) atoms. The fourth-order valence-electron chi connectivity index (χ4n) is 19.6. The van der Waals surface area contributed by atoms with Crippen molar-refractivity contribution in [2.24, 2.45) is 0 Å². The van der Waals surface area contributed by atoms with Gasteiger partial charge >= 0.3 is 0 Å². The summed E-state index contributed by atoms with van der Waals surface area (Å²) in [7, 11) is 0. The van der Waals surface area contributed by atoms with Crippen molar-refractivity contribution in [2.75, 3.05) is 9.80 Å². The molecule has 6 nitrogen and oxygen atoms in total. The molecule has 580 valence electrons. The van der Waals surface area contributed by atoms with Gasteiger partial charge in [0.15, 0.2) is 0 Å². The second-order valence-electron chi connectivity index (χ2n) is 32.1. The standard InChI is InChI=1S/C118H76N4O2/c1-2-30-77(31-3-1)91-39-8-16-56-108(91)120(86-36-25-33-82(76-86)93-41-10-18-58-110(93)122-113-61-21-13-46-99(113)100-47-14-22-62-114(100)122)84-70-66-79(67-71-84)89-38-5-7-43-95(89)103-51-28-54-106-107-55-29-52-104(118(107)124-117(103)106)96-49-26-34-80-74-87(72-73-90(80)96)119(83-68-64-78(65-69-83)88-37-4-6-42-94(88)102-50-27-53-105-101-48-15-23-63-115(101)123-116(102)105)85-35-24-32-81(75-85)92-40-9-17-57-109(92)121-111-59-19-11-44-97(111)98-45-12-20-60-112(98)121/h1-76H. The molecule has 0 radical (unpaired) electrons. The maximum Gasteiger partial charge on any atom is 0.143 e. The number of benzene rings is 20. The van der Waals surface area contributed by atoms with Crippen LogP contribution >= 0.6 is 0 Å². The van der Waals surface area contributed by atoms with Crippen LogP contribution in [0.2, 0.25) is 0 Å². The van der Waals surface area contributed by atoms with Gasteiger partial charge in [0.2, 0.25) is 0 Å². The smallest absolute Gasteiger partial charge is 0.143 e. The molecule has 24 aromatic rings. The van der Waals surface area contributed by atoms with Crippen LogP contribution in [0.4, 0.5) is 34.1 Å². The quantitative estimate of drug-likeness (QED) is 0.0967. The summed E-state index contributed by atoms with van der Waals surface area (Å²) in [6, 6.07) is 168. The average molecular weight is 1580 g/mol. The van der Waals surface area contributed by atoms with Crippen molar-refractivity contribution in [2.45, 2.75) is 0 Å². The van der Waals surface area contributed by atoms with Crippen LogP contribution in [0.3, 0.4) is 0 Å². The van der Waals surface area contributed by atoms with Crippen LogP contribution in [0.5, 0.6) is 0 Å². The largest absolute Gasteiger partial charge is 0.455 e. The molecular formula is C118H76N4O2. The molecule has 0 unspecified atom stereocenters. The number of fused-ring (bicyclic) bond motifs is 13. The van der Waals surface area contributed by atoms with Crippen LogP contribution in [-0.4, -0.2) is 9.13 Å². The molecular weight excluding hydrogens is 1510 g/mol. The lowest BCUT2D eigenvalue weighted by atomic mass is 9.93. The van der Waals surface area contributed by atoms with Gasteiger partial charge in [0.05, 0.1) is 39.1 Å². The summed E-state index contributed by atoms with van der Waals surface area (Å²) in [6.07, 6.45) is 0. The summed E-state index contributed by atoms with van der Waals surface area (Å²) in [5.74, 6) is 0. The Hall–Kier alpha value is -16.5. The topological polar surface area (TPSA) is 42.6 Å². The Labute approximate surface area is 716 Å². The molecule has 0 amide bonds. The first-order valence-corrected chi connectivity index (χ1v) is 42.4. The molecule has 0 aliphatic carbocycles. The van der Waals surface area contributed by atoms with Gasteiger partial charge in [-0.3, -0.25) is 0 Å². The number of aromatic nitrogens is 2. The van der Waals surface area contributed by atoms with Gasteiger partial charge in [0.25, 0.3) is 0 Å². The van der Waals surface area contributed by atoms with Crippen molar-refractivity contribution in [1.29, 1.82) is 0 Å². The summed E-state index contributed by atoms with van der Waals surface area (Å²) in [4.78, 5) is 4.83. The second-order valence-corrected chi connectivity index (χ2v) is 32.1. The first-order valence-electron chi connectivity index (χ1n) is 42.4. The molecule has 0 fully saturated rings. The number of rotatable bonds is 16. The molecule has 6 heteroatoms. The lowest BCUT2D eigenvalue weighted by Gasteiger charge is -2.28. The van der Waals surface area contributed by atoms with E-state index >= 15 is 0 Å². The zero-order chi connectivity index (χ0) is 81.7. The molecule has 0 bridgehead atoms. The van der Waals surface area contributed by atoms with Gasteiger partial charge in [0.1, 0.15) is 22.3 Å². The summed E-state index contributed by atoms with van der Waals surface area (Å²) in [6.45, 7) is 0. The highest BCUT2D eigenvalue weighted by Crippen LogP contribution is 2.50. The minimum Gasteiger partial charge on any atom is -0.455 e. The van der Waals surface area contributed by atoms with Crippen LogP contribution in [-0.2, 0) is 0 Å². The third-order valence-electron chi connectivity index (χ3n) is 25.2. The first-order chi connectivity index (χ1) is 61.5. The van der Waals surface area contributed by atoms with E-state index in [4.69, 9.17) is 8.83 Å². The van der Waals surface area contributed by atoms with Gasteiger partial charge < -0.3 is 27.8 Å². The van der Waals surface area contributed by atoms with E-state index in [2.05, 4.69) is 474 Å². The third kappa shape index (κ3) is 11.9. The number of furan rings is 2. The minimum atomic E-state index is 0.841. The number of nitrogens with zero attached hydrogens (tertiary/aromatic N) is 4. The van der Waals surface area contributed by atoms with Crippen molar-refractivity contribution in [3.8, 4) is 100 Å². The average Bonchev–Trinajstić information content (AvgIpc) is 1.57. The lowest BCUT2D eigenvalue weighted by Crippen LogP contribution is -2.11. The Kier molecular flexibility index (Phi) is 17.2. The zero-order valence-electron chi connectivity index (χ0n) is 67.5. The van der Waals surface area contributed by atoms with Crippen LogP contribution in [0.1, 0.15) is 0 Å². The highest BCUT2D eigenvalue weighted by atomic mass is 16.3. The Balaban J connectivity index is 0.596.